The number of aromatic nitrogens is 3. The van der Waals surface area contributed by atoms with Gasteiger partial charge in [-0.1, -0.05) is 6.07 Å². The monoisotopic (exact) mass is 540 g/mol. The molecule has 9 nitrogen and oxygen atoms in total. The lowest BCUT2D eigenvalue weighted by Crippen LogP contribution is -2.35. The smallest absolute Gasteiger partial charge is 0.276 e. The van der Waals surface area contributed by atoms with E-state index in [1.54, 1.807) is 30.5 Å². The summed E-state index contributed by atoms with van der Waals surface area (Å²) in [6.07, 6.45) is 9.77. The number of amides is 1. The molecule has 1 atom stereocenters. The third-order valence-corrected chi connectivity index (χ3v) is 7.06. The number of pyridine rings is 1. The molecule has 1 amide bonds. The van der Waals surface area contributed by atoms with E-state index in [0.717, 1.165) is 54.7 Å². The van der Waals surface area contributed by atoms with E-state index in [0.29, 0.717) is 16.8 Å². The summed E-state index contributed by atoms with van der Waals surface area (Å²) >= 11 is 0. The van der Waals surface area contributed by atoms with Crippen LogP contribution in [-0.4, -0.2) is 56.5 Å². The molecule has 0 bridgehead atoms. The van der Waals surface area contributed by atoms with Crippen molar-refractivity contribution in [2.45, 2.75) is 31.7 Å². The number of fused-ring (bicyclic) bond motifs is 1. The molecule has 1 unspecified atom stereocenters. The van der Waals surface area contributed by atoms with E-state index < -0.39 is 6.23 Å². The molecular weight excluding hydrogens is 511 g/mol. The summed E-state index contributed by atoms with van der Waals surface area (Å²) in [6.45, 7) is 2.52. The largest absolute Gasteiger partial charge is 0.467 e. The third-order valence-electron chi connectivity index (χ3n) is 7.06. The average Bonchev–Trinajstić information content (AvgIpc) is 3.40. The summed E-state index contributed by atoms with van der Waals surface area (Å²) in [4.78, 5) is 19.9. The Labute approximate surface area is 230 Å². The molecule has 0 saturated carbocycles. The van der Waals surface area contributed by atoms with E-state index in [-0.39, 0.29) is 23.5 Å². The van der Waals surface area contributed by atoms with Gasteiger partial charge in [0.15, 0.2) is 11.9 Å². The highest BCUT2D eigenvalue weighted by Gasteiger charge is 2.19. The van der Waals surface area contributed by atoms with Gasteiger partial charge in [-0.3, -0.25) is 19.8 Å². The van der Waals surface area contributed by atoms with Crippen molar-refractivity contribution < 1.29 is 19.0 Å². The first-order chi connectivity index (χ1) is 19.5. The van der Waals surface area contributed by atoms with E-state index in [9.17, 15) is 14.3 Å². The Kier molecular flexibility index (Phi) is 7.26. The minimum absolute atomic E-state index is 0.200. The molecule has 10 heteroatoms. The van der Waals surface area contributed by atoms with Gasteiger partial charge in [0.25, 0.3) is 5.91 Å². The number of carbonyl (C=O) groups excluding carboxylic acids is 1. The second-order valence-electron chi connectivity index (χ2n) is 9.99. The first-order valence-electron chi connectivity index (χ1n) is 13.2. The summed E-state index contributed by atoms with van der Waals surface area (Å²) in [5, 5.41) is 23.6. The molecule has 40 heavy (non-hydrogen) atoms. The zero-order chi connectivity index (χ0) is 27.5. The highest BCUT2D eigenvalue weighted by Crippen LogP contribution is 2.26. The van der Waals surface area contributed by atoms with Gasteiger partial charge >= 0.3 is 0 Å². The van der Waals surface area contributed by atoms with Crippen LogP contribution >= 0.6 is 0 Å². The zero-order valence-electron chi connectivity index (χ0n) is 21.7. The number of hydrogen-bond donors (Lipinski definition) is 4. The van der Waals surface area contributed by atoms with Gasteiger partial charge in [-0.05, 0) is 78.6 Å². The number of carbonyl (C=O) groups is 1. The van der Waals surface area contributed by atoms with Gasteiger partial charge in [0.05, 0.1) is 17.3 Å². The van der Waals surface area contributed by atoms with Crippen molar-refractivity contribution in [1.29, 1.82) is 0 Å². The van der Waals surface area contributed by atoms with E-state index >= 15 is 0 Å². The number of H-pyrrole nitrogens is 1. The van der Waals surface area contributed by atoms with E-state index in [2.05, 4.69) is 36.8 Å². The fraction of sp³-hybridized carbons (Fsp3) is 0.233. The Morgan fingerprint density at radius 1 is 1.10 bits per heavy atom. The van der Waals surface area contributed by atoms with Gasteiger partial charge in [-0.15, -0.1) is 0 Å². The molecule has 2 aliphatic rings. The number of aliphatic hydroxyl groups excluding tert-OH is 1. The number of allylic oxidation sites excluding steroid dienone is 1. The maximum Gasteiger partial charge on any atom is 0.276 e. The van der Waals surface area contributed by atoms with Gasteiger partial charge in [0.2, 0.25) is 0 Å². The van der Waals surface area contributed by atoms with Crippen LogP contribution in [0.2, 0.25) is 0 Å². The molecule has 4 N–H and O–H groups in total. The molecule has 204 valence electrons. The van der Waals surface area contributed by atoms with Gasteiger partial charge in [0.1, 0.15) is 11.6 Å². The highest BCUT2D eigenvalue weighted by atomic mass is 19.1. The van der Waals surface area contributed by atoms with Crippen molar-refractivity contribution in [2.75, 3.05) is 13.1 Å². The van der Waals surface area contributed by atoms with Crippen molar-refractivity contribution in [2.24, 2.45) is 0 Å². The lowest BCUT2D eigenvalue weighted by molar-refractivity contribution is 0.0792. The molecule has 2 aromatic carbocycles. The summed E-state index contributed by atoms with van der Waals surface area (Å²) in [5.74, 6) is -0.156. The number of nitrogens with one attached hydrogen (secondary N) is 3. The second-order valence-corrected chi connectivity index (χ2v) is 9.99. The molecular formula is C30H29FN6O3. The van der Waals surface area contributed by atoms with Crippen LogP contribution in [0.5, 0.6) is 5.75 Å². The van der Waals surface area contributed by atoms with E-state index in [4.69, 9.17) is 4.74 Å². The van der Waals surface area contributed by atoms with Crippen LogP contribution < -0.4 is 15.4 Å². The fourth-order valence-corrected chi connectivity index (χ4v) is 4.90. The van der Waals surface area contributed by atoms with Gasteiger partial charge in [-0.2, -0.15) is 5.10 Å². The number of rotatable bonds is 7. The van der Waals surface area contributed by atoms with Crippen LogP contribution in [0.1, 0.15) is 28.9 Å². The van der Waals surface area contributed by atoms with Gasteiger partial charge in [-0.25, -0.2) is 4.39 Å². The van der Waals surface area contributed by atoms with Crippen molar-refractivity contribution in [3.63, 3.8) is 0 Å². The number of halogens is 1. The number of nitrogens with zero attached hydrogens (tertiary/aromatic N) is 3. The number of piperidine rings is 1. The minimum atomic E-state index is -0.453. The second kappa shape index (κ2) is 11.3. The van der Waals surface area contributed by atoms with Crippen molar-refractivity contribution in [3.05, 3.63) is 102 Å². The van der Waals surface area contributed by atoms with Crippen LogP contribution in [0.4, 0.5) is 4.39 Å². The maximum atomic E-state index is 13.1. The molecule has 4 aromatic rings. The highest BCUT2D eigenvalue weighted by molar-refractivity contribution is 6.06. The zero-order valence-corrected chi connectivity index (χ0v) is 21.7. The van der Waals surface area contributed by atoms with Gasteiger partial charge < -0.3 is 20.5 Å². The predicted molar refractivity (Wildman–Crippen MR) is 148 cm³/mol. The standard InChI is InChI=1S/C30H29FN6O3/c31-22-2-5-25(6-3-22)40-28-8-4-23(17-33-28)34-30(39)29-26-14-20(1-7-27(26)35-36-29)21-13-19(15-32-16-21)18-37-11-9-24(38)10-12-37/h1-8,13-17,24,28,33,38H,9-12,18H2,(H,34,39)(H,35,36). The lowest BCUT2D eigenvalue weighted by atomic mass is 10.0. The Balaban J connectivity index is 1.13. The number of aliphatic hydroxyl groups is 1. The summed E-state index contributed by atoms with van der Waals surface area (Å²) < 4.78 is 18.9. The molecule has 1 fully saturated rings. The molecule has 1 saturated heterocycles. The number of hydrogen-bond acceptors (Lipinski definition) is 7. The van der Waals surface area contributed by atoms with Crippen molar-refractivity contribution >= 4 is 16.8 Å². The molecule has 0 radical (unpaired) electrons. The fourth-order valence-electron chi connectivity index (χ4n) is 4.90. The molecule has 2 aromatic heterocycles. The van der Waals surface area contributed by atoms with Crippen molar-refractivity contribution in [3.8, 4) is 16.9 Å². The summed E-state index contributed by atoms with van der Waals surface area (Å²) in [7, 11) is 0. The molecule has 0 spiro atoms. The molecule has 4 heterocycles. The van der Waals surface area contributed by atoms with Crippen LogP contribution in [0, 0.1) is 5.82 Å². The Hall–Kier alpha value is -4.54. The Morgan fingerprint density at radius 3 is 2.70 bits per heavy atom. The number of aromatic amines is 1. The Bertz CT molecular complexity index is 1570. The lowest BCUT2D eigenvalue weighted by Gasteiger charge is -2.29. The number of dihydropyridines is 1. The SMILES string of the molecule is O=C(NC1=CNC(Oc2ccc(F)cc2)C=C1)c1n[nH]c2ccc(-c3cncc(CN4CCC(O)CC4)c3)cc12. The number of benzene rings is 2. The average molecular weight is 541 g/mol. The number of likely N-dealkylation sites (tertiary alicyclic amines) is 1. The van der Waals surface area contributed by atoms with Crippen LogP contribution in [0.15, 0.2) is 85.0 Å². The van der Waals surface area contributed by atoms with E-state index in [1.165, 1.54) is 12.1 Å². The Morgan fingerprint density at radius 2 is 1.93 bits per heavy atom. The maximum absolute atomic E-state index is 13.1. The first kappa shape index (κ1) is 25.7. The van der Waals surface area contributed by atoms with E-state index in [1.807, 2.05) is 30.6 Å². The quantitative estimate of drug-likeness (QED) is 0.281. The number of ether oxygens (including phenoxy) is 1. The van der Waals surface area contributed by atoms with Crippen LogP contribution in [0.3, 0.4) is 0 Å². The first-order valence-corrected chi connectivity index (χ1v) is 13.2. The van der Waals surface area contributed by atoms with Crippen LogP contribution in [-0.2, 0) is 6.54 Å². The summed E-state index contributed by atoms with van der Waals surface area (Å²) in [6, 6.07) is 13.7. The minimum Gasteiger partial charge on any atom is -0.467 e. The normalized spacial score (nSPS) is 17.9. The molecule has 6 rings (SSSR count). The summed E-state index contributed by atoms with van der Waals surface area (Å²) in [5.41, 5.74) is 4.59. The van der Waals surface area contributed by atoms with Gasteiger partial charge in [0, 0.05) is 49.2 Å². The van der Waals surface area contributed by atoms with Crippen molar-refractivity contribution in [1.82, 2.24) is 30.7 Å². The molecule has 0 aliphatic carbocycles. The van der Waals surface area contributed by atoms with Crippen LogP contribution in [0.25, 0.3) is 22.0 Å². The topological polar surface area (TPSA) is 115 Å². The molecule has 2 aliphatic heterocycles. The third kappa shape index (κ3) is 5.88. The predicted octanol–water partition coefficient (Wildman–Crippen LogP) is 3.86.